The second-order valence-electron chi connectivity index (χ2n) is 3.27. The minimum Gasteiger partial charge on any atom is -0.506 e. The molecule has 3 nitrogen and oxygen atoms in total. The van der Waals surface area contributed by atoms with E-state index in [4.69, 9.17) is 22.0 Å². The van der Waals surface area contributed by atoms with E-state index in [9.17, 15) is 13.2 Å². The van der Waals surface area contributed by atoms with E-state index in [1.807, 2.05) is 5.32 Å². The molecule has 1 atom stereocenters. The smallest absolute Gasteiger partial charge is 0.401 e. The molecule has 0 heterocycles. The van der Waals surface area contributed by atoms with Gasteiger partial charge in [0.25, 0.3) is 0 Å². The van der Waals surface area contributed by atoms with Crippen molar-refractivity contribution in [2.45, 2.75) is 12.2 Å². The fourth-order valence-corrected chi connectivity index (χ4v) is 1.35. The van der Waals surface area contributed by atoms with Crippen molar-refractivity contribution in [1.82, 2.24) is 5.32 Å². The summed E-state index contributed by atoms with van der Waals surface area (Å²) in [7, 11) is 0. The van der Waals surface area contributed by atoms with Gasteiger partial charge in [-0.3, -0.25) is 5.32 Å². The Morgan fingerprint density at radius 2 is 2.12 bits per heavy atom. The van der Waals surface area contributed by atoms with Crippen molar-refractivity contribution in [2.24, 2.45) is 0 Å². The highest BCUT2D eigenvalue weighted by molar-refractivity contribution is 6.32. The Morgan fingerprint density at radius 1 is 1.47 bits per heavy atom. The number of hydrogen-bond acceptors (Lipinski definition) is 3. The Hall–Kier alpha value is -1.45. The van der Waals surface area contributed by atoms with E-state index in [1.54, 1.807) is 6.07 Å². The van der Waals surface area contributed by atoms with Gasteiger partial charge in [-0.25, -0.2) is 0 Å². The van der Waals surface area contributed by atoms with Crippen LogP contribution < -0.4 is 5.32 Å². The van der Waals surface area contributed by atoms with Gasteiger partial charge in [0.1, 0.15) is 11.8 Å². The maximum absolute atomic E-state index is 12.0. The summed E-state index contributed by atoms with van der Waals surface area (Å²) in [6.45, 7) is -1.27. The molecule has 1 aromatic carbocycles. The number of alkyl halides is 3. The van der Waals surface area contributed by atoms with Gasteiger partial charge < -0.3 is 5.11 Å². The zero-order valence-corrected chi connectivity index (χ0v) is 9.18. The van der Waals surface area contributed by atoms with Crippen molar-refractivity contribution in [2.75, 3.05) is 6.54 Å². The average molecular weight is 265 g/mol. The van der Waals surface area contributed by atoms with E-state index in [0.29, 0.717) is 0 Å². The fraction of sp³-hybridized carbons (Fsp3) is 0.300. The minimum absolute atomic E-state index is 0.0171. The van der Waals surface area contributed by atoms with Gasteiger partial charge in [0.05, 0.1) is 17.6 Å². The second-order valence-corrected chi connectivity index (χ2v) is 3.68. The highest BCUT2D eigenvalue weighted by Gasteiger charge is 2.28. The van der Waals surface area contributed by atoms with Crippen LogP contribution in [0.15, 0.2) is 18.2 Å². The SMILES string of the molecule is N#CC(NCC(F)(F)F)c1ccc(O)c(Cl)c1. The third-order valence-electron chi connectivity index (χ3n) is 1.94. The molecule has 17 heavy (non-hydrogen) atoms. The molecule has 0 fully saturated rings. The molecule has 1 unspecified atom stereocenters. The number of phenols is 1. The van der Waals surface area contributed by atoms with Gasteiger partial charge in [-0.2, -0.15) is 18.4 Å². The van der Waals surface area contributed by atoms with Crippen LogP contribution in [-0.2, 0) is 0 Å². The van der Waals surface area contributed by atoms with E-state index in [-0.39, 0.29) is 16.3 Å². The number of halogens is 4. The first kappa shape index (κ1) is 13.6. The zero-order valence-electron chi connectivity index (χ0n) is 8.42. The number of hydrogen-bond donors (Lipinski definition) is 2. The molecule has 0 aliphatic carbocycles. The first-order chi connectivity index (χ1) is 7.83. The number of rotatable bonds is 3. The maximum Gasteiger partial charge on any atom is 0.401 e. The molecule has 7 heteroatoms. The van der Waals surface area contributed by atoms with Gasteiger partial charge in [-0.1, -0.05) is 17.7 Å². The fourth-order valence-electron chi connectivity index (χ4n) is 1.16. The van der Waals surface area contributed by atoms with Crippen LogP contribution in [0.25, 0.3) is 0 Å². The molecule has 0 aliphatic heterocycles. The van der Waals surface area contributed by atoms with E-state index in [2.05, 4.69) is 0 Å². The van der Waals surface area contributed by atoms with Crippen molar-refractivity contribution in [3.63, 3.8) is 0 Å². The summed E-state index contributed by atoms with van der Waals surface area (Å²) < 4.78 is 35.9. The summed E-state index contributed by atoms with van der Waals surface area (Å²) in [6.07, 6.45) is -4.39. The van der Waals surface area contributed by atoms with Crippen molar-refractivity contribution < 1.29 is 18.3 Å². The minimum atomic E-state index is -4.39. The first-order valence-corrected chi connectivity index (χ1v) is 4.89. The predicted molar refractivity (Wildman–Crippen MR) is 55.5 cm³/mol. The Labute approximate surface area is 100 Å². The summed E-state index contributed by atoms with van der Waals surface area (Å²) in [4.78, 5) is 0. The molecular formula is C10H8ClF3N2O. The van der Waals surface area contributed by atoms with Crippen LogP contribution in [0.5, 0.6) is 5.75 Å². The molecule has 0 aromatic heterocycles. The lowest BCUT2D eigenvalue weighted by molar-refractivity contribution is -0.125. The van der Waals surface area contributed by atoms with Gasteiger partial charge >= 0.3 is 6.18 Å². The van der Waals surface area contributed by atoms with Crippen LogP contribution in [0, 0.1) is 11.3 Å². The van der Waals surface area contributed by atoms with Gasteiger partial charge in [0, 0.05) is 0 Å². The lowest BCUT2D eigenvalue weighted by Gasteiger charge is -2.14. The lowest BCUT2D eigenvalue weighted by Crippen LogP contribution is -2.31. The van der Waals surface area contributed by atoms with Crippen molar-refractivity contribution in [1.29, 1.82) is 5.26 Å². The molecule has 1 rings (SSSR count). The number of nitrogens with one attached hydrogen (secondary N) is 1. The summed E-state index contributed by atoms with van der Waals surface area (Å²) in [5.41, 5.74) is 0.263. The van der Waals surface area contributed by atoms with Gasteiger partial charge in [-0.05, 0) is 17.7 Å². The third kappa shape index (κ3) is 4.13. The molecule has 0 radical (unpaired) electrons. The quantitative estimate of drug-likeness (QED) is 0.883. The highest BCUT2D eigenvalue weighted by atomic mass is 35.5. The molecule has 2 N–H and O–H groups in total. The first-order valence-electron chi connectivity index (χ1n) is 4.51. The topological polar surface area (TPSA) is 56.0 Å². The summed E-state index contributed by atoms with van der Waals surface area (Å²) in [5, 5.41) is 19.9. The Bertz CT molecular complexity index is 442. The van der Waals surface area contributed by atoms with Crippen molar-refractivity contribution >= 4 is 11.6 Å². The molecule has 0 amide bonds. The number of aromatic hydroxyl groups is 1. The summed E-state index contributed by atoms with van der Waals surface area (Å²) in [6, 6.07) is 4.35. The molecule has 1 aromatic rings. The van der Waals surface area contributed by atoms with Crippen LogP contribution in [0.2, 0.25) is 5.02 Å². The van der Waals surface area contributed by atoms with Crippen LogP contribution in [0.4, 0.5) is 13.2 Å². The molecule has 0 saturated heterocycles. The van der Waals surface area contributed by atoms with Crippen molar-refractivity contribution in [3.05, 3.63) is 28.8 Å². The van der Waals surface area contributed by atoms with Crippen LogP contribution in [0.1, 0.15) is 11.6 Å². The monoisotopic (exact) mass is 264 g/mol. The standard InChI is InChI=1S/C10H8ClF3N2O/c11-7-3-6(1-2-9(7)17)8(4-15)16-5-10(12,13)14/h1-3,8,16-17H,5H2. The number of benzene rings is 1. The number of phenolic OH excluding ortho intramolecular Hbond substituents is 1. The van der Waals surface area contributed by atoms with E-state index in [1.165, 1.54) is 18.2 Å². The Kier molecular flexibility index (Phi) is 4.21. The van der Waals surface area contributed by atoms with Gasteiger partial charge in [-0.15, -0.1) is 0 Å². The molecule has 0 spiro atoms. The molecule has 0 aliphatic rings. The maximum atomic E-state index is 12.0. The van der Waals surface area contributed by atoms with Gasteiger partial charge in [0.15, 0.2) is 0 Å². The molecule has 0 bridgehead atoms. The van der Waals surface area contributed by atoms with Crippen LogP contribution in [-0.4, -0.2) is 17.8 Å². The van der Waals surface area contributed by atoms with Crippen molar-refractivity contribution in [3.8, 4) is 11.8 Å². The number of nitrogens with zero attached hydrogens (tertiary/aromatic N) is 1. The number of nitriles is 1. The van der Waals surface area contributed by atoms with E-state index >= 15 is 0 Å². The third-order valence-corrected chi connectivity index (χ3v) is 2.24. The normalized spacial score (nSPS) is 13.1. The zero-order chi connectivity index (χ0) is 13.1. The van der Waals surface area contributed by atoms with Crippen LogP contribution >= 0.6 is 11.6 Å². The highest BCUT2D eigenvalue weighted by Crippen LogP contribution is 2.26. The predicted octanol–water partition coefficient (Wildman–Crippen LogP) is 2.76. The summed E-state index contributed by atoms with van der Waals surface area (Å²) in [5.74, 6) is -0.192. The van der Waals surface area contributed by atoms with Gasteiger partial charge in [0.2, 0.25) is 0 Å². The Morgan fingerprint density at radius 3 is 2.59 bits per heavy atom. The average Bonchev–Trinajstić information content (AvgIpc) is 2.22. The largest absolute Gasteiger partial charge is 0.506 e. The molecular weight excluding hydrogens is 257 g/mol. The molecule has 0 saturated carbocycles. The summed E-state index contributed by atoms with van der Waals surface area (Å²) >= 11 is 5.60. The second kappa shape index (κ2) is 5.25. The van der Waals surface area contributed by atoms with Crippen LogP contribution in [0.3, 0.4) is 0 Å². The molecule has 92 valence electrons. The van der Waals surface area contributed by atoms with E-state index in [0.717, 1.165) is 0 Å². The lowest BCUT2D eigenvalue weighted by atomic mass is 10.1. The Balaban J connectivity index is 2.81. The van der Waals surface area contributed by atoms with E-state index < -0.39 is 18.8 Å².